The lowest BCUT2D eigenvalue weighted by Gasteiger charge is -2.36. The van der Waals surface area contributed by atoms with Gasteiger partial charge in [-0.3, -0.25) is 14.8 Å². The fourth-order valence-electron chi connectivity index (χ4n) is 5.76. The molecular weight excluding hydrogens is 560 g/mol. The van der Waals surface area contributed by atoms with Gasteiger partial charge in [-0.15, -0.1) is 0 Å². The molecule has 1 aromatic carbocycles. The van der Waals surface area contributed by atoms with E-state index in [4.69, 9.17) is 19.7 Å². The highest BCUT2D eigenvalue weighted by atomic mass is 16.5. The zero-order valence-electron chi connectivity index (χ0n) is 24.0. The van der Waals surface area contributed by atoms with Crippen LogP contribution in [0.3, 0.4) is 0 Å². The Morgan fingerprint density at radius 2 is 1.25 bits per heavy atom. The molecule has 2 N–H and O–H groups in total. The summed E-state index contributed by atoms with van der Waals surface area (Å²) in [5, 5.41) is 5.63. The van der Waals surface area contributed by atoms with Crippen LogP contribution in [0.1, 0.15) is 23.2 Å². The third-order valence-corrected chi connectivity index (χ3v) is 8.05. The zero-order chi connectivity index (χ0) is 29.9. The van der Waals surface area contributed by atoms with Gasteiger partial charge in [-0.2, -0.15) is 15.0 Å². The first-order valence-electron chi connectivity index (χ1n) is 14.8. The molecule has 0 saturated carbocycles. The molecule has 4 aromatic rings. The minimum absolute atomic E-state index is 0.00368. The van der Waals surface area contributed by atoms with Gasteiger partial charge in [0.1, 0.15) is 0 Å². The predicted molar refractivity (Wildman–Crippen MR) is 165 cm³/mol. The summed E-state index contributed by atoms with van der Waals surface area (Å²) in [6, 6.07) is 14.0. The Morgan fingerprint density at radius 1 is 0.682 bits per heavy atom. The summed E-state index contributed by atoms with van der Waals surface area (Å²) in [6.07, 6.45) is 8.96. The van der Waals surface area contributed by atoms with Crippen LogP contribution in [0.25, 0.3) is 11.4 Å². The van der Waals surface area contributed by atoms with Crippen LogP contribution in [0.15, 0.2) is 73.3 Å². The summed E-state index contributed by atoms with van der Waals surface area (Å²) in [5.74, 6) is 1.75. The highest BCUT2D eigenvalue weighted by molar-refractivity contribution is 5.99. The minimum atomic E-state index is -0.350. The molecule has 0 spiro atoms. The molecule has 13 nitrogen and oxygen atoms in total. The fourth-order valence-corrected chi connectivity index (χ4v) is 5.76. The van der Waals surface area contributed by atoms with Crippen molar-refractivity contribution < 1.29 is 14.3 Å². The van der Waals surface area contributed by atoms with Gasteiger partial charge in [0, 0.05) is 86.6 Å². The van der Waals surface area contributed by atoms with Gasteiger partial charge in [-0.05, 0) is 61.4 Å². The van der Waals surface area contributed by atoms with Crippen molar-refractivity contribution >= 4 is 35.2 Å². The Labute approximate surface area is 254 Å². The van der Waals surface area contributed by atoms with Crippen molar-refractivity contribution in [1.29, 1.82) is 0 Å². The number of nitrogens with one attached hydrogen (secondary N) is 2. The van der Waals surface area contributed by atoms with Crippen LogP contribution >= 0.6 is 0 Å². The number of urea groups is 1. The number of hydrogen-bond acceptors (Lipinski definition) is 10. The third kappa shape index (κ3) is 6.13. The van der Waals surface area contributed by atoms with E-state index < -0.39 is 0 Å². The molecule has 3 amide bonds. The van der Waals surface area contributed by atoms with Gasteiger partial charge in [0.2, 0.25) is 11.9 Å². The smallest absolute Gasteiger partial charge is 0.323 e. The van der Waals surface area contributed by atoms with Gasteiger partial charge in [0.25, 0.3) is 5.91 Å². The minimum Gasteiger partial charge on any atom is -0.371 e. The number of fused-ring (bicyclic) bond motifs is 2. The second-order valence-corrected chi connectivity index (χ2v) is 11.0. The average Bonchev–Trinajstić information content (AvgIpc) is 3.42. The zero-order valence-corrected chi connectivity index (χ0v) is 24.0. The Bertz CT molecular complexity index is 1600. The van der Waals surface area contributed by atoms with Gasteiger partial charge in [-0.25, -0.2) is 4.79 Å². The molecule has 44 heavy (non-hydrogen) atoms. The normalized spacial score (nSPS) is 19.5. The maximum Gasteiger partial charge on any atom is 0.323 e. The standard InChI is InChI=1S/C31H32N10O3/c42-28(22-7-11-32-12-8-22)39-15-17-40(18-16-39)29-36-27(37-30(38-29)41-19-25-5-6-26(20-41)44-25)21-1-3-23(4-2-21)34-31(43)35-24-9-13-33-14-10-24/h1-4,7-14,25-26H,5-6,15-20H2,(H2,33,34,35,43). The molecule has 0 aliphatic carbocycles. The number of aromatic nitrogens is 5. The first-order valence-corrected chi connectivity index (χ1v) is 14.8. The summed E-state index contributed by atoms with van der Waals surface area (Å²) in [6.45, 7) is 3.79. The van der Waals surface area contributed by atoms with Crippen molar-refractivity contribution in [2.75, 3.05) is 59.7 Å². The number of carbonyl (C=O) groups is 2. The van der Waals surface area contributed by atoms with E-state index in [1.54, 1.807) is 49.1 Å². The van der Waals surface area contributed by atoms with E-state index in [1.807, 2.05) is 29.2 Å². The number of rotatable bonds is 6. The van der Waals surface area contributed by atoms with Crippen LogP contribution in [0.2, 0.25) is 0 Å². The SMILES string of the molecule is O=C(Nc1ccncc1)Nc1ccc(-c2nc(N3CCN(C(=O)c4ccncc4)CC3)nc(N3CC4CCC(C3)O4)n2)cc1. The van der Waals surface area contributed by atoms with E-state index in [1.165, 1.54) is 0 Å². The second-order valence-electron chi connectivity index (χ2n) is 11.0. The van der Waals surface area contributed by atoms with Crippen LogP contribution in [0, 0.1) is 0 Å². The van der Waals surface area contributed by atoms with E-state index >= 15 is 0 Å². The van der Waals surface area contributed by atoms with E-state index in [2.05, 4.69) is 30.4 Å². The van der Waals surface area contributed by atoms with Crippen molar-refractivity contribution in [3.8, 4) is 11.4 Å². The number of benzene rings is 1. The van der Waals surface area contributed by atoms with Crippen LogP contribution in [0.5, 0.6) is 0 Å². The number of anilines is 4. The molecule has 2 bridgehead atoms. The number of morpholine rings is 1. The summed E-state index contributed by atoms with van der Waals surface area (Å²) in [5.41, 5.74) is 2.72. The summed E-state index contributed by atoms with van der Waals surface area (Å²) in [7, 11) is 0. The lowest BCUT2D eigenvalue weighted by molar-refractivity contribution is 0.0299. The number of amides is 3. The monoisotopic (exact) mass is 592 g/mol. The first-order chi connectivity index (χ1) is 21.6. The van der Waals surface area contributed by atoms with E-state index in [9.17, 15) is 9.59 Å². The molecule has 7 rings (SSSR count). The maximum atomic E-state index is 13.0. The number of nitrogens with zero attached hydrogens (tertiary/aromatic N) is 8. The first kappa shape index (κ1) is 27.7. The summed E-state index contributed by atoms with van der Waals surface area (Å²) >= 11 is 0. The van der Waals surface area contributed by atoms with Crippen LogP contribution in [0.4, 0.5) is 28.1 Å². The number of hydrogen-bond donors (Lipinski definition) is 2. The molecule has 0 radical (unpaired) electrons. The van der Waals surface area contributed by atoms with Crippen molar-refractivity contribution in [3.05, 3.63) is 78.9 Å². The van der Waals surface area contributed by atoms with Crippen LogP contribution in [-0.2, 0) is 4.74 Å². The molecule has 224 valence electrons. The molecule has 3 aliphatic rings. The van der Waals surface area contributed by atoms with Crippen molar-refractivity contribution in [3.63, 3.8) is 0 Å². The maximum absolute atomic E-state index is 13.0. The Morgan fingerprint density at radius 3 is 1.89 bits per heavy atom. The van der Waals surface area contributed by atoms with Gasteiger partial charge in [-0.1, -0.05) is 0 Å². The molecule has 6 heterocycles. The lowest BCUT2D eigenvalue weighted by atomic mass is 10.2. The van der Waals surface area contributed by atoms with Crippen LogP contribution < -0.4 is 20.4 Å². The quantitative estimate of drug-likeness (QED) is 0.343. The molecule has 13 heteroatoms. The Kier molecular flexibility index (Phi) is 7.67. The molecule has 3 aliphatic heterocycles. The lowest BCUT2D eigenvalue weighted by Crippen LogP contribution is -2.49. The third-order valence-electron chi connectivity index (χ3n) is 8.05. The fraction of sp³-hybridized carbons (Fsp3) is 0.323. The van der Waals surface area contributed by atoms with E-state index in [0.717, 1.165) is 31.5 Å². The predicted octanol–water partition coefficient (Wildman–Crippen LogP) is 3.30. The Balaban J connectivity index is 1.10. The second kappa shape index (κ2) is 12.2. The molecule has 3 aromatic heterocycles. The van der Waals surface area contributed by atoms with Gasteiger partial charge < -0.3 is 30.1 Å². The molecular formula is C31H32N10O3. The number of carbonyl (C=O) groups excluding carboxylic acids is 2. The molecule has 2 unspecified atom stereocenters. The summed E-state index contributed by atoms with van der Waals surface area (Å²) < 4.78 is 6.06. The van der Waals surface area contributed by atoms with Crippen LogP contribution in [-0.4, -0.2) is 93.2 Å². The molecule has 2 atom stereocenters. The van der Waals surface area contributed by atoms with Gasteiger partial charge >= 0.3 is 6.03 Å². The van der Waals surface area contributed by atoms with Gasteiger partial charge in [0.15, 0.2) is 5.82 Å². The van der Waals surface area contributed by atoms with Crippen molar-refractivity contribution in [2.45, 2.75) is 25.0 Å². The van der Waals surface area contributed by atoms with E-state index in [0.29, 0.717) is 60.8 Å². The van der Waals surface area contributed by atoms with Crippen molar-refractivity contribution in [1.82, 2.24) is 29.8 Å². The average molecular weight is 593 g/mol. The largest absolute Gasteiger partial charge is 0.371 e. The highest BCUT2D eigenvalue weighted by Gasteiger charge is 2.35. The van der Waals surface area contributed by atoms with E-state index in [-0.39, 0.29) is 24.1 Å². The van der Waals surface area contributed by atoms with Gasteiger partial charge in [0.05, 0.1) is 12.2 Å². The topological polar surface area (TPSA) is 142 Å². The number of pyridine rings is 2. The number of piperazine rings is 1. The Hall–Kier alpha value is -5.17. The molecule has 3 saturated heterocycles. The summed E-state index contributed by atoms with van der Waals surface area (Å²) in [4.78, 5) is 54.3. The highest BCUT2D eigenvalue weighted by Crippen LogP contribution is 2.30. The molecule has 3 fully saturated rings. The number of ether oxygens (including phenoxy) is 1. The van der Waals surface area contributed by atoms with Crippen molar-refractivity contribution in [2.24, 2.45) is 0 Å².